The molecule has 0 amide bonds. The van der Waals surface area contributed by atoms with Crippen molar-refractivity contribution in [2.75, 3.05) is 6.54 Å². The highest BCUT2D eigenvalue weighted by atomic mass is 16.5. The van der Waals surface area contributed by atoms with Gasteiger partial charge in [-0.1, -0.05) is 67.9 Å². The standard InChI is InChI=1S/C46H48N4O5/c1-28-4-8-30(9-5-28)41(53)24-32(51)10-6-29-7-15-42-43(22-29)55-45-38(46(19-21-54-42)17-2-3-18-46)13-14-40(52)34-11-12-35-33(16-20-48-44(35)47)36(34)23-31-25-49-39-27-50(45)26-37(31)39/h4,7-8,11-12,15-16,20,22,25-26,28,30,38,40-41,44-45,48,52-53H,2-3,5-6,9-10,17-18,23-24,27,47H2,1H3. The van der Waals surface area contributed by atoms with Gasteiger partial charge in [-0.15, -0.1) is 0 Å². The Kier molecular flexibility index (Phi) is 9.42. The lowest BCUT2D eigenvalue weighted by Crippen LogP contribution is -2.47. The predicted molar refractivity (Wildman–Crippen MR) is 211 cm³/mol. The van der Waals surface area contributed by atoms with E-state index >= 15 is 0 Å². The van der Waals surface area contributed by atoms with Crippen molar-refractivity contribution < 1.29 is 24.5 Å². The lowest BCUT2D eigenvalue weighted by molar-refractivity contribution is -0.121. The summed E-state index contributed by atoms with van der Waals surface area (Å²) in [7, 11) is 0. The van der Waals surface area contributed by atoms with Crippen molar-refractivity contribution in [1.82, 2.24) is 10.2 Å². The van der Waals surface area contributed by atoms with E-state index in [1.807, 2.05) is 48.8 Å². The number of carbonyl (C=O) groups is 1. The van der Waals surface area contributed by atoms with Gasteiger partial charge in [0, 0.05) is 43.2 Å². The van der Waals surface area contributed by atoms with Gasteiger partial charge in [0.05, 0.1) is 29.7 Å². The van der Waals surface area contributed by atoms with Gasteiger partial charge in [-0.3, -0.25) is 9.79 Å². The molecule has 9 rings (SSSR count). The molecule has 0 aromatic heterocycles. The van der Waals surface area contributed by atoms with E-state index in [0.29, 0.717) is 43.2 Å². The van der Waals surface area contributed by atoms with E-state index in [4.69, 9.17) is 20.2 Å². The van der Waals surface area contributed by atoms with E-state index < -0.39 is 29.8 Å². The summed E-state index contributed by atoms with van der Waals surface area (Å²) in [6.45, 7) is 2.72. The van der Waals surface area contributed by atoms with Gasteiger partial charge in [0.15, 0.2) is 17.7 Å². The van der Waals surface area contributed by atoms with Crippen molar-refractivity contribution in [1.29, 1.82) is 0 Å². The van der Waals surface area contributed by atoms with Crippen LogP contribution in [0.5, 0.6) is 11.5 Å². The lowest BCUT2D eigenvalue weighted by Gasteiger charge is -2.39. The Bertz CT molecular complexity index is 2190. The first-order chi connectivity index (χ1) is 26.7. The van der Waals surface area contributed by atoms with Crippen LogP contribution in [-0.2, 0) is 17.6 Å². The molecule has 2 aliphatic carbocycles. The van der Waals surface area contributed by atoms with Crippen LogP contribution < -0.4 is 20.5 Å². The monoisotopic (exact) mass is 736 g/mol. The number of ether oxygens (including phenoxy) is 2. The van der Waals surface area contributed by atoms with Crippen molar-refractivity contribution in [3.05, 3.63) is 100 Å². The van der Waals surface area contributed by atoms with E-state index in [1.54, 1.807) is 0 Å². The molecule has 282 valence electrons. The molecule has 2 bridgehead atoms. The highest BCUT2D eigenvalue weighted by Gasteiger charge is 2.48. The molecule has 9 nitrogen and oxygen atoms in total. The minimum atomic E-state index is -1.05. The van der Waals surface area contributed by atoms with Gasteiger partial charge in [0.2, 0.25) is 0 Å². The summed E-state index contributed by atoms with van der Waals surface area (Å²) in [5, 5.41) is 25.9. The fraction of sp³-hybridized carbons (Fsp3) is 0.435. The summed E-state index contributed by atoms with van der Waals surface area (Å²) in [4.78, 5) is 20.2. The smallest absolute Gasteiger partial charge is 0.187 e. The minimum absolute atomic E-state index is 0.0322. The van der Waals surface area contributed by atoms with Crippen LogP contribution in [0.2, 0.25) is 0 Å². The quantitative estimate of drug-likeness (QED) is 0.206. The number of benzene rings is 2. The first-order valence-corrected chi connectivity index (χ1v) is 19.9. The zero-order valence-electron chi connectivity index (χ0n) is 31.3. The number of allylic oxidation sites excluding steroid dienone is 2. The average Bonchev–Trinajstić information content (AvgIpc) is 3.93. The third-order valence-corrected chi connectivity index (χ3v) is 12.7. The van der Waals surface area contributed by atoms with E-state index in [0.717, 1.165) is 83.2 Å². The van der Waals surface area contributed by atoms with Crippen LogP contribution in [0.1, 0.15) is 98.4 Å². The molecule has 1 fully saturated rings. The molecule has 7 aliphatic rings. The summed E-state index contributed by atoms with van der Waals surface area (Å²) in [6, 6.07) is 9.72. The number of carbonyl (C=O) groups excluding carboxylic acids is 1. The Morgan fingerprint density at radius 1 is 1.13 bits per heavy atom. The summed E-state index contributed by atoms with van der Waals surface area (Å²) in [5.41, 5.74) is 13.7. The normalized spacial score (nSPS) is 28.4. The van der Waals surface area contributed by atoms with Gasteiger partial charge >= 0.3 is 0 Å². The molecule has 5 aliphatic heterocycles. The molecule has 5 heterocycles. The molecule has 9 heteroatoms. The summed E-state index contributed by atoms with van der Waals surface area (Å²) < 4.78 is 13.2. The molecular weight excluding hydrogens is 689 g/mol. The first-order valence-electron chi connectivity index (χ1n) is 19.9. The van der Waals surface area contributed by atoms with Crippen molar-refractivity contribution in [2.24, 2.45) is 33.9 Å². The van der Waals surface area contributed by atoms with Gasteiger partial charge in [-0.2, -0.15) is 0 Å². The molecule has 55 heavy (non-hydrogen) atoms. The predicted octanol–water partition coefficient (Wildman–Crippen LogP) is 6.14. The van der Waals surface area contributed by atoms with Crippen LogP contribution in [-0.4, -0.2) is 45.5 Å². The number of nitrogens with one attached hydrogen (secondary N) is 1. The van der Waals surface area contributed by atoms with Crippen LogP contribution in [0, 0.1) is 47.0 Å². The molecule has 2 aromatic carbocycles. The van der Waals surface area contributed by atoms with E-state index in [1.165, 1.54) is 0 Å². The van der Waals surface area contributed by atoms with Gasteiger partial charge in [0.25, 0.3) is 0 Å². The van der Waals surface area contributed by atoms with Gasteiger partial charge in [-0.25, -0.2) is 0 Å². The Balaban J connectivity index is 1.06. The number of hydrogen-bond acceptors (Lipinski definition) is 9. The molecule has 1 spiro atoms. The number of nitrogens with two attached hydrogens (primary N) is 1. The Morgan fingerprint density at radius 3 is 2.82 bits per heavy atom. The number of fused-ring (bicyclic) bond motifs is 8. The average molecular weight is 737 g/mol. The minimum Gasteiger partial charge on any atom is -0.465 e. The van der Waals surface area contributed by atoms with Gasteiger partial charge in [0.1, 0.15) is 24.2 Å². The number of aryl methyl sites for hydroxylation is 1. The first kappa shape index (κ1) is 35.6. The number of ketones is 1. The molecule has 5 N–H and O–H groups in total. The highest BCUT2D eigenvalue weighted by molar-refractivity contribution is 6.09. The van der Waals surface area contributed by atoms with Crippen molar-refractivity contribution >= 4 is 17.6 Å². The summed E-state index contributed by atoms with van der Waals surface area (Å²) in [6.07, 6.45) is 19.8. The maximum absolute atomic E-state index is 13.1. The Labute approximate surface area is 323 Å². The molecule has 0 radical (unpaired) electrons. The van der Waals surface area contributed by atoms with Gasteiger partial charge < -0.3 is 35.6 Å². The summed E-state index contributed by atoms with van der Waals surface area (Å²) >= 11 is 0. The second-order valence-electron chi connectivity index (χ2n) is 16.3. The van der Waals surface area contributed by atoms with Crippen molar-refractivity contribution in [3.8, 4) is 35.4 Å². The van der Waals surface area contributed by atoms with E-state index in [2.05, 4.69) is 59.4 Å². The van der Waals surface area contributed by atoms with Gasteiger partial charge in [-0.05, 0) is 95.8 Å². The van der Waals surface area contributed by atoms with Crippen molar-refractivity contribution in [3.63, 3.8) is 0 Å². The molecular formula is C46H48N4O5. The number of aliphatic hydroxyl groups is 2. The van der Waals surface area contributed by atoms with Crippen LogP contribution in [0.25, 0.3) is 6.08 Å². The fourth-order valence-electron chi connectivity index (χ4n) is 9.43. The topological polar surface area (TPSA) is 130 Å². The van der Waals surface area contributed by atoms with E-state index in [-0.39, 0.29) is 24.3 Å². The third-order valence-electron chi connectivity index (χ3n) is 12.7. The second kappa shape index (κ2) is 14.5. The number of aliphatic hydroxyl groups excluding tert-OH is 2. The van der Waals surface area contributed by atoms with Crippen LogP contribution in [0.3, 0.4) is 0 Å². The highest BCUT2D eigenvalue weighted by Crippen LogP contribution is 2.49. The van der Waals surface area contributed by atoms with Crippen LogP contribution >= 0.6 is 0 Å². The zero-order valence-corrected chi connectivity index (χ0v) is 31.3. The SMILES string of the molecule is CC1C=CC(C(O)CC(=O)CCc2ccc3c(c2)OC2C(C#CC(O)c4ccc5c(c4CC4=CN=C6CN2C=C46)C=CNC5N)C2(C#CO3)CCCC2)CC1. The lowest BCUT2D eigenvalue weighted by atomic mass is 9.73. The second-order valence-corrected chi connectivity index (χ2v) is 16.3. The Morgan fingerprint density at radius 2 is 1.98 bits per heavy atom. The molecule has 1 saturated carbocycles. The zero-order chi connectivity index (χ0) is 37.7. The number of Topliss-reactive ketones (excluding diaryl/α,β-unsaturated/α-hetero) is 1. The molecule has 7 unspecified atom stereocenters. The number of aliphatic imine (C=N–C) groups is 1. The number of rotatable bonds is 6. The van der Waals surface area contributed by atoms with Crippen molar-refractivity contribution in [2.45, 2.75) is 95.7 Å². The Hall–Kier alpha value is -5.06. The van der Waals surface area contributed by atoms with Crippen LogP contribution in [0.15, 0.2) is 77.2 Å². The number of nitrogens with zero attached hydrogens (tertiary/aromatic N) is 2. The largest absolute Gasteiger partial charge is 0.465 e. The van der Waals surface area contributed by atoms with Crippen LogP contribution in [0.4, 0.5) is 0 Å². The van der Waals surface area contributed by atoms with E-state index in [9.17, 15) is 15.0 Å². The molecule has 2 aromatic rings. The fourth-order valence-corrected chi connectivity index (χ4v) is 9.43. The maximum atomic E-state index is 13.1. The summed E-state index contributed by atoms with van der Waals surface area (Å²) in [5.74, 6) is 11.6. The molecule has 7 atom stereocenters. The number of hydrogen-bond donors (Lipinski definition) is 4. The maximum Gasteiger partial charge on any atom is 0.187 e. The third kappa shape index (κ3) is 6.80. The molecule has 0 saturated heterocycles.